The predicted molar refractivity (Wildman–Crippen MR) is 110 cm³/mol. The molecule has 0 spiro atoms. The number of hydrogen-bond acceptors (Lipinski definition) is 3. The SMILES string of the molecule is C=CCn1c(CC23CC4CC(CC(C4)C2)C3)nnc1SCc1cccc(F)c1. The molecule has 148 valence electrons. The fourth-order valence-corrected chi connectivity index (χ4v) is 7.40. The van der Waals surface area contributed by atoms with Gasteiger partial charge in [0, 0.05) is 18.7 Å². The molecule has 6 rings (SSSR count). The fourth-order valence-electron chi connectivity index (χ4n) is 6.49. The molecule has 5 heteroatoms. The third-order valence-electron chi connectivity index (χ3n) is 7.06. The van der Waals surface area contributed by atoms with E-state index in [2.05, 4.69) is 21.3 Å². The first-order valence-corrected chi connectivity index (χ1v) is 11.5. The van der Waals surface area contributed by atoms with Gasteiger partial charge in [-0.25, -0.2) is 4.39 Å². The summed E-state index contributed by atoms with van der Waals surface area (Å²) in [5.74, 6) is 4.47. The van der Waals surface area contributed by atoms with Gasteiger partial charge in [0.05, 0.1) is 0 Å². The lowest BCUT2D eigenvalue weighted by Crippen LogP contribution is -2.47. The molecule has 0 saturated heterocycles. The lowest BCUT2D eigenvalue weighted by Gasteiger charge is -2.56. The minimum atomic E-state index is -0.187. The summed E-state index contributed by atoms with van der Waals surface area (Å²) in [7, 11) is 0. The minimum Gasteiger partial charge on any atom is -0.302 e. The van der Waals surface area contributed by atoms with Gasteiger partial charge in [-0.3, -0.25) is 0 Å². The summed E-state index contributed by atoms with van der Waals surface area (Å²) in [5, 5.41) is 10.0. The predicted octanol–water partition coefficient (Wildman–Crippen LogP) is 5.65. The Labute approximate surface area is 170 Å². The number of benzene rings is 1. The van der Waals surface area contributed by atoms with E-state index in [1.807, 2.05) is 12.1 Å². The standard InChI is InChI=1S/C23H28FN3S/c1-2-6-27-21(14-23-11-17-7-18(12-23)9-19(8-17)13-23)25-26-22(27)28-15-16-4-3-5-20(24)10-16/h2-5,10,17-19H,1,6-9,11-15H2. The quantitative estimate of drug-likeness (QED) is 0.446. The number of nitrogens with zero attached hydrogens (tertiary/aromatic N) is 3. The molecule has 4 bridgehead atoms. The number of aromatic nitrogens is 3. The van der Waals surface area contributed by atoms with Crippen molar-refractivity contribution >= 4 is 11.8 Å². The Balaban J connectivity index is 1.34. The van der Waals surface area contributed by atoms with Crippen molar-refractivity contribution in [3.8, 4) is 0 Å². The molecule has 4 aliphatic rings. The average Bonchev–Trinajstić information content (AvgIpc) is 3.00. The van der Waals surface area contributed by atoms with Crippen molar-refractivity contribution in [1.29, 1.82) is 0 Å². The van der Waals surface area contributed by atoms with Gasteiger partial charge in [0.1, 0.15) is 11.6 Å². The molecule has 1 aromatic carbocycles. The molecule has 4 fully saturated rings. The van der Waals surface area contributed by atoms with Gasteiger partial charge in [-0.1, -0.05) is 30.0 Å². The largest absolute Gasteiger partial charge is 0.302 e. The summed E-state index contributed by atoms with van der Waals surface area (Å²) in [4.78, 5) is 0. The highest BCUT2D eigenvalue weighted by Crippen LogP contribution is 2.61. The molecule has 4 aliphatic carbocycles. The van der Waals surface area contributed by atoms with Crippen LogP contribution in [0.25, 0.3) is 0 Å². The van der Waals surface area contributed by atoms with Crippen LogP contribution in [0.4, 0.5) is 4.39 Å². The van der Waals surface area contributed by atoms with Crippen LogP contribution in [0.5, 0.6) is 0 Å². The van der Waals surface area contributed by atoms with Crippen LogP contribution in [-0.4, -0.2) is 14.8 Å². The van der Waals surface area contributed by atoms with E-state index >= 15 is 0 Å². The second-order valence-electron chi connectivity index (χ2n) is 9.31. The smallest absolute Gasteiger partial charge is 0.191 e. The molecule has 2 aromatic rings. The first kappa shape index (κ1) is 18.4. The summed E-state index contributed by atoms with van der Waals surface area (Å²) >= 11 is 1.64. The van der Waals surface area contributed by atoms with Gasteiger partial charge < -0.3 is 4.57 Å². The molecule has 0 aliphatic heterocycles. The summed E-state index contributed by atoms with van der Waals surface area (Å²) in [6.45, 7) is 4.68. The molecular weight excluding hydrogens is 369 g/mol. The Morgan fingerprint density at radius 3 is 2.50 bits per heavy atom. The van der Waals surface area contributed by atoms with Crippen molar-refractivity contribution in [2.24, 2.45) is 23.2 Å². The molecule has 4 saturated carbocycles. The molecule has 1 aromatic heterocycles. The summed E-state index contributed by atoms with van der Waals surface area (Å²) in [6.07, 6.45) is 11.5. The summed E-state index contributed by atoms with van der Waals surface area (Å²) in [5.41, 5.74) is 1.42. The molecule has 3 nitrogen and oxygen atoms in total. The fraction of sp³-hybridized carbons (Fsp3) is 0.565. The normalized spacial score (nSPS) is 30.7. The molecule has 1 heterocycles. The number of hydrogen-bond donors (Lipinski definition) is 0. The highest BCUT2D eigenvalue weighted by molar-refractivity contribution is 7.98. The number of thioether (sulfide) groups is 1. The topological polar surface area (TPSA) is 30.7 Å². The van der Waals surface area contributed by atoms with Crippen LogP contribution in [0.1, 0.15) is 49.9 Å². The van der Waals surface area contributed by atoms with Gasteiger partial charge in [-0.05, 0) is 79.4 Å². The van der Waals surface area contributed by atoms with Gasteiger partial charge in [0.25, 0.3) is 0 Å². The van der Waals surface area contributed by atoms with Crippen molar-refractivity contribution in [3.63, 3.8) is 0 Å². The van der Waals surface area contributed by atoms with Gasteiger partial charge in [-0.15, -0.1) is 16.8 Å². The number of halogens is 1. The van der Waals surface area contributed by atoms with Crippen molar-refractivity contribution in [2.75, 3.05) is 0 Å². The molecule has 28 heavy (non-hydrogen) atoms. The highest BCUT2D eigenvalue weighted by Gasteiger charge is 2.51. The van der Waals surface area contributed by atoms with E-state index in [1.54, 1.807) is 23.9 Å². The van der Waals surface area contributed by atoms with Crippen LogP contribution in [0.2, 0.25) is 0 Å². The lowest BCUT2D eigenvalue weighted by atomic mass is 9.49. The van der Waals surface area contributed by atoms with E-state index in [1.165, 1.54) is 44.6 Å². The van der Waals surface area contributed by atoms with Crippen LogP contribution < -0.4 is 0 Å². The van der Waals surface area contributed by atoms with Crippen molar-refractivity contribution < 1.29 is 4.39 Å². The Bertz CT molecular complexity index is 839. The van der Waals surface area contributed by atoms with E-state index in [4.69, 9.17) is 0 Å². The average molecular weight is 398 g/mol. The second-order valence-corrected chi connectivity index (χ2v) is 10.3. The van der Waals surface area contributed by atoms with Crippen LogP contribution in [0, 0.1) is 29.0 Å². The van der Waals surface area contributed by atoms with Crippen molar-refractivity contribution in [2.45, 2.75) is 62.4 Å². The Morgan fingerprint density at radius 2 is 1.86 bits per heavy atom. The zero-order valence-corrected chi connectivity index (χ0v) is 17.1. The van der Waals surface area contributed by atoms with E-state index in [0.717, 1.165) is 47.3 Å². The molecule has 0 atom stereocenters. The molecule has 0 radical (unpaired) electrons. The number of allylic oxidation sites excluding steroid dienone is 1. The molecule has 0 unspecified atom stereocenters. The summed E-state index contributed by atoms with van der Waals surface area (Å²) < 4.78 is 15.7. The number of rotatable bonds is 7. The van der Waals surface area contributed by atoms with E-state index in [9.17, 15) is 4.39 Å². The Morgan fingerprint density at radius 1 is 1.14 bits per heavy atom. The Kier molecular flexibility index (Phi) is 4.82. The maximum atomic E-state index is 13.5. The third kappa shape index (κ3) is 3.54. The molecular formula is C23H28FN3S. The highest BCUT2D eigenvalue weighted by atomic mass is 32.2. The third-order valence-corrected chi connectivity index (χ3v) is 8.10. The maximum absolute atomic E-state index is 13.5. The first-order chi connectivity index (χ1) is 13.6. The lowest BCUT2D eigenvalue weighted by molar-refractivity contribution is -0.0535. The van der Waals surface area contributed by atoms with E-state index < -0.39 is 0 Å². The van der Waals surface area contributed by atoms with E-state index in [-0.39, 0.29) is 5.82 Å². The van der Waals surface area contributed by atoms with Crippen LogP contribution >= 0.6 is 11.8 Å². The maximum Gasteiger partial charge on any atom is 0.191 e. The van der Waals surface area contributed by atoms with Crippen LogP contribution in [0.3, 0.4) is 0 Å². The van der Waals surface area contributed by atoms with Crippen molar-refractivity contribution in [3.05, 3.63) is 54.1 Å². The zero-order valence-electron chi connectivity index (χ0n) is 16.3. The van der Waals surface area contributed by atoms with Crippen LogP contribution in [-0.2, 0) is 18.7 Å². The van der Waals surface area contributed by atoms with Gasteiger partial charge in [0.15, 0.2) is 5.16 Å². The van der Waals surface area contributed by atoms with Crippen LogP contribution in [0.15, 0.2) is 42.1 Å². The van der Waals surface area contributed by atoms with Crippen molar-refractivity contribution in [1.82, 2.24) is 14.8 Å². The second kappa shape index (κ2) is 7.33. The monoisotopic (exact) mass is 397 g/mol. The van der Waals surface area contributed by atoms with Gasteiger partial charge >= 0.3 is 0 Å². The Hall–Kier alpha value is -1.62. The molecule has 0 N–H and O–H groups in total. The van der Waals surface area contributed by atoms with Gasteiger partial charge in [-0.2, -0.15) is 0 Å². The summed E-state index contributed by atoms with van der Waals surface area (Å²) in [6, 6.07) is 6.80. The zero-order chi connectivity index (χ0) is 19.1. The minimum absolute atomic E-state index is 0.187. The first-order valence-electron chi connectivity index (χ1n) is 10.5. The molecule has 0 amide bonds. The van der Waals surface area contributed by atoms with E-state index in [0.29, 0.717) is 11.2 Å². The van der Waals surface area contributed by atoms with Gasteiger partial charge in [0.2, 0.25) is 0 Å².